The van der Waals surface area contributed by atoms with Crippen LogP contribution in [-0.2, 0) is 14.3 Å². The molecule has 0 fully saturated rings. The average Bonchev–Trinajstić information content (AvgIpc) is 2.67. The Morgan fingerprint density at radius 1 is 1.11 bits per heavy atom. The predicted octanol–water partition coefficient (Wildman–Crippen LogP) is 4.18. The Morgan fingerprint density at radius 3 is 2.61 bits per heavy atom. The van der Waals surface area contributed by atoms with Crippen LogP contribution in [-0.4, -0.2) is 38.9 Å². The first-order valence-electron chi connectivity index (χ1n) is 9.38. The lowest BCUT2D eigenvalue weighted by atomic mass is 9.98. The molecule has 0 saturated heterocycles. The fourth-order valence-electron chi connectivity index (χ4n) is 2.84. The molecule has 1 heterocycles. The van der Waals surface area contributed by atoms with Crippen LogP contribution in [0.3, 0.4) is 0 Å². The zero-order valence-electron chi connectivity index (χ0n) is 16.9. The smallest absolute Gasteiger partial charge is 0.342 e. The number of rotatable bonds is 4. The number of carbonyl (C=O) groups excluding carboxylic acids is 2. The summed E-state index contributed by atoms with van der Waals surface area (Å²) in [6, 6.07) is 3.40. The van der Waals surface area contributed by atoms with Gasteiger partial charge in [0.05, 0.1) is 7.11 Å². The molecule has 2 atom stereocenters. The standard InChI is InChI=1S/C22H28O6/c1-15-8-5-6-10-17-12-18(26-4)13-20(27-14-25-3)21(17)22(24)28-16(2)9-7-11-19(15)23/h6-7,10-13,15-16H,5,8-9,14H2,1-4H3/b10-6+,11-7-/t15-,16-/m0/s1. The molecule has 1 aliphatic heterocycles. The third-order valence-corrected chi connectivity index (χ3v) is 4.49. The summed E-state index contributed by atoms with van der Waals surface area (Å²) in [5, 5.41) is 0. The van der Waals surface area contributed by atoms with Crippen LogP contribution < -0.4 is 9.47 Å². The van der Waals surface area contributed by atoms with E-state index in [1.165, 1.54) is 7.11 Å². The molecule has 2 rings (SSSR count). The van der Waals surface area contributed by atoms with Crippen LogP contribution in [0.1, 0.15) is 49.0 Å². The van der Waals surface area contributed by atoms with Gasteiger partial charge in [0.15, 0.2) is 12.6 Å². The molecule has 0 aliphatic carbocycles. The number of hydrogen-bond acceptors (Lipinski definition) is 6. The molecule has 0 bridgehead atoms. The molecular weight excluding hydrogens is 360 g/mol. The van der Waals surface area contributed by atoms with Gasteiger partial charge in [-0.25, -0.2) is 4.79 Å². The van der Waals surface area contributed by atoms with Crippen LogP contribution in [0.25, 0.3) is 6.08 Å². The Kier molecular flexibility index (Phi) is 8.26. The zero-order valence-corrected chi connectivity index (χ0v) is 16.9. The molecule has 0 N–H and O–H groups in total. The van der Waals surface area contributed by atoms with Gasteiger partial charge in [-0.1, -0.05) is 25.2 Å². The van der Waals surface area contributed by atoms with Crippen LogP contribution in [0, 0.1) is 5.92 Å². The van der Waals surface area contributed by atoms with Crippen molar-refractivity contribution in [1.29, 1.82) is 0 Å². The first kappa shape index (κ1) is 21.7. The van der Waals surface area contributed by atoms with Crippen LogP contribution in [0.2, 0.25) is 0 Å². The molecule has 152 valence electrons. The lowest BCUT2D eigenvalue weighted by molar-refractivity contribution is -0.117. The Labute approximate surface area is 166 Å². The number of esters is 1. The SMILES string of the molecule is COCOc1cc(OC)cc2c1C(=O)O[C@@H](C)C/C=C\C(=O)[C@@H](C)CC/C=C/2. The Balaban J connectivity index is 2.46. The summed E-state index contributed by atoms with van der Waals surface area (Å²) in [5.41, 5.74) is 0.959. The highest BCUT2D eigenvalue weighted by Crippen LogP contribution is 2.31. The van der Waals surface area contributed by atoms with Gasteiger partial charge in [0.25, 0.3) is 0 Å². The van der Waals surface area contributed by atoms with Gasteiger partial charge in [-0.15, -0.1) is 0 Å². The lowest BCUT2D eigenvalue weighted by Gasteiger charge is -2.17. The van der Waals surface area contributed by atoms with Gasteiger partial charge in [0, 0.05) is 25.5 Å². The van der Waals surface area contributed by atoms with Gasteiger partial charge in [-0.2, -0.15) is 0 Å². The van der Waals surface area contributed by atoms with Gasteiger partial charge in [0.1, 0.15) is 23.2 Å². The maximum Gasteiger partial charge on any atom is 0.342 e. The Bertz CT molecular complexity index is 750. The highest BCUT2D eigenvalue weighted by atomic mass is 16.7. The van der Waals surface area contributed by atoms with Crippen molar-refractivity contribution < 1.29 is 28.5 Å². The normalized spacial score (nSPS) is 23.1. The summed E-state index contributed by atoms with van der Waals surface area (Å²) in [6.45, 7) is 3.70. The van der Waals surface area contributed by atoms with E-state index in [2.05, 4.69) is 0 Å². The number of cyclic esters (lactones) is 1. The third kappa shape index (κ3) is 5.96. The highest BCUT2D eigenvalue weighted by molar-refractivity contribution is 5.97. The molecule has 0 unspecified atom stereocenters. The molecule has 1 aromatic carbocycles. The van der Waals surface area contributed by atoms with Gasteiger partial charge >= 0.3 is 5.97 Å². The van der Waals surface area contributed by atoms with E-state index in [0.717, 1.165) is 6.42 Å². The second kappa shape index (κ2) is 10.7. The van der Waals surface area contributed by atoms with E-state index < -0.39 is 5.97 Å². The second-order valence-corrected chi connectivity index (χ2v) is 6.78. The topological polar surface area (TPSA) is 71.1 Å². The monoisotopic (exact) mass is 388 g/mol. The number of fused-ring (bicyclic) bond motifs is 1. The van der Waals surface area contributed by atoms with Crippen molar-refractivity contribution in [3.63, 3.8) is 0 Å². The number of carbonyl (C=O) groups is 2. The molecule has 1 aliphatic rings. The summed E-state index contributed by atoms with van der Waals surface area (Å²) in [6.07, 6.45) is 8.62. The minimum Gasteiger partial charge on any atom is -0.497 e. The first-order valence-corrected chi connectivity index (χ1v) is 9.38. The largest absolute Gasteiger partial charge is 0.497 e. The quantitative estimate of drug-likeness (QED) is 0.569. The van der Waals surface area contributed by atoms with E-state index >= 15 is 0 Å². The maximum atomic E-state index is 12.9. The predicted molar refractivity (Wildman–Crippen MR) is 107 cm³/mol. The van der Waals surface area contributed by atoms with Crippen LogP contribution in [0.15, 0.2) is 30.4 Å². The minimum atomic E-state index is -0.494. The van der Waals surface area contributed by atoms with Crippen molar-refractivity contribution in [2.45, 2.75) is 39.2 Å². The van der Waals surface area contributed by atoms with Crippen LogP contribution >= 0.6 is 0 Å². The van der Waals surface area contributed by atoms with Gasteiger partial charge in [-0.3, -0.25) is 4.79 Å². The van der Waals surface area contributed by atoms with Crippen molar-refractivity contribution in [3.05, 3.63) is 41.5 Å². The zero-order chi connectivity index (χ0) is 20.5. The fourth-order valence-corrected chi connectivity index (χ4v) is 2.84. The lowest BCUT2D eigenvalue weighted by Crippen LogP contribution is -2.17. The number of methoxy groups -OCH3 is 2. The molecular formula is C22H28O6. The number of ether oxygens (including phenoxy) is 4. The molecule has 0 radical (unpaired) electrons. The molecule has 0 spiro atoms. The average molecular weight is 388 g/mol. The summed E-state index contributed by atoms with van der Waals surface area (Å²) < 4.78 is 21.5. The van der Waals surface area contributed by atoms with Gasteiger partial charge in [-0.05, 0) is 37.5 Å². The van der Waals surface area contributed by atoms with Crippen LogP contribution in [0.4, 0.5) is 0 Å². The van der Waals surface area contributed by atoms with Gasteiger partial charge in [0.2, 0.25) is 0 Å². The molecule has 1 aromatic rings. The van der Waals surface area contributed by atoms with Crippen LogP contribution in [0.5, 0.6) is 11.5 Å². The third-order valence-electron chi connectivity index (χ3n) is 4.49. The van der Waals surface area contributed by atoms with Gasteiger partial charge < -0.3 is 18.9 Å². The number of benzene rings is 1. The van der Waals surface area contributed by atoms with E-state index in [4.69, 9.17) is 18.9 Å². The second-order valence-electron chi connectivity index (χ2n) is 6.78. The van der Waals surface area contributed by atoms with E-state index in [0.29, 0.717) is 35.5 Å². The summed E-state index contributed by atoms with van der Waals surface area (Å²) in [5.74, 6) is 0.423. The molecule has 6 heteroatoms. The summed E-state index contributed by atoms with van der Waals surface area (Å²) in [4.78, 5) is 25.0. The highest BCUT2D eigenvalue weighted by Gasteiger charge is 2.22. The fraction of sp³-hybridized carbons (Fsp3) is 0.455. The maximum absolute atomic E-state index is 12.9. The van der Waals surface area contributed by atoms with Crippen molar-refractivity contribution in [3.8, 4) is 11.5 Å². The Hall–Kier alpha value is -2.60. The van der Waals surface area contributed by atoms with E-state index in [1.54, 1.807) is 38.3 Å². The minimum absolute atomic E-state index is 0.00544. The molecule has 6 nitrogen and oxygen atoms in total. The Morgan fingerprint density at radius 2 is 1.89 bits per heavy atom. The summed E-state index contributed by atoms with van der Waals surface area (Å²) in [7, 11) is 3.06. The molecule has 0 amide bonds. The van der Waals surface area contributed by atoms with Crippen molar-refractivity contribution >= 4 is 17.8 Å². The van der Waals surface area contributed by atoms with Crippen molar-refractivity contribution in [1.82, 2.24) is 0 Å². The number of hydrogen-bond donors (Lipinski definition) is 0. The molecule has 0 saturated carbocycles. The van der Waals surface area contributed by atoms with Crippen molar-refractivity contribution in [2.24, 2.45) is 5.92 Å². The first-order chi connectivity index (χ1) is 13.5. The van der Waals surface area contributed by atoms with E-state index in [9.17, 15) is 9.59 Å². The number of allylic oxidation sites excluding steroid dienone is 2. The number of ketones is 1. The summed E-state index contributed by atoms with van der Waals surface area (Å²) >= 11 is 0. The van der Waals surface area contributed by atoms with Crippen molar-refractivity contribution in [2.75, 3.05) is 21.0 Å². The molecule has 28 heavy (non-hydrogen) atoms. The van der Waals surface area contributed by atoms with E-state index in [1.807, 2.05) is 19.1 Å². The van der Waals surface area contributed by atoms with E-state index in [-0.39, 0.29) is 24.6 Å². The molecule has 0 aromatic heterocycles.